The highest BCUT2D eigenvalue weighted by Crippen LogP contribution is 2.24. The van der Waals surface area contributed by atoms with Gasteiger partial charge >= 0.3 is 0 Å². The van der Waals surface area contributed by atoms with Gasteiger partial charge in [-0.1, -0.05) is 13.8 Å². The van der Waals surface area contributed by atoms with Gasteiger partial charge in [0.05, 0.1) is 0 Å². The van der Waals surface area contributed by atoms with Gasteiger partial charge < -0.3 is 10.6 Å². The second kappa shape index (κ2) is 6.60. The van der Waals surface area contributed by atoms with Gasteiger partial charge in [0, 0.05) is 23.8 Å². The van der Waals surface area contributed by atoms with Crippen LogP contribution in [0.3, 0.4) is 0 Å². The fourth-order valence-electron chi connectivity index (χ4n) is 2.62. The van der Waals surface area contributed by atoms with Gasteiger partial charge in [0.15, 0.2) is 0 Å². The summed E-state index contributed by atoms with van der Waals surface area (Å²) in [5, 5.41) is 6.44. The summed E-state index contributed by atoms with van der Waals surface area (Å²) in [5.74, 6) is 0.798. The number of carbonyl (C=O) groups is 1. The normalized spacial score (nSPS) is 22.2. The lowest BCUT2D eigenvalue weighted by atomic mass is 10.1. The highest BCUT2D eigenvalue weighted by Gasteiger charge is 2.22. The van der Waals surface area contributed by atoms with E-state index in [1.165, 1.54) is 6.42 Å². The Morgan fingerprint density at radius 3 is 2.58 bits per heavy atom. The van der Waals surface area contributed by atoms with Gasteiger partial charge in [0.1, 0.15) is 0 Å². The number of nitrogens with one attached hydrogen (secondary N) is 2. The van der Waals surface area contributed by atoms with Crippen LogP contribution >= 0.6 is 0 Å². The van der Waals surface area contributed by atoms with Crippen molar-refractivity contribution in [3.8, 4) is 0 Å². The number of amides is 1. The molecule has 1 aromatic carbocycles. The molecule has 3 nitrogen and oxygen atoms in total. The van der Waals surface area contributed by atoms with Crippen LogP contribution in [0.2, 0.25) is 0 Å². The summed E-state index contributed by atoms with van der Waals surface area (Å²) in [4.78, 5) is 12.1. The number of benzene rings is 1. The first-order valence-corrected chi connectivity index (χ1v) is 7.34. The second-order valence-electron chi connectivity index (χ2n) is 5.59. The molecule has 3 heteroatoms. The maximum Gasteiger partial charge on any atom is 0.251 e. The van der Waals surface area contributed by atoms with Crippen LogP contribution in [-0.2, 0) is 0 Å². The molecule has 0 aliphatic heterocycles. The molecule has 1 aliphatic rings. The van der Waals surface area contributed by atoms with Crippen LogP contribution < -0.4 is 10.6 Å². The Morgan fingerprint density at radius 2 is 2.00 bits per heavy atom. The number of hydrogen-bond donors (Lipinski definition) is 2. The largest absolute Gasteiger partial charge is 0.385 e. The van der Waals surface area contributed by atoms with E-state index in [2.05, 4.69) is 24.5 Å². The minimum absolute atomic E-state index is 0.0566. The van der Waals surface area contributed by atoms with Crippen molar-refractivity contribution in [2.45, 2.75) is 45.6 Å². The number of anilines is 1. The predicted octanol–water partition coefficient (Wildman–Crippen LogP) is 3.43. The topological polar surface area (TPSA) is 41.1 Å². The highest BCUT2D eigenvalue weighted by molar-refractivity contribution is 5.94. The minimum Gasteiger partial charge on any atom is -0.385 e. The molecule has 1 saturated carbocycles. The minimum atomic E-state index is 0.0566. The molecule has 2 N–H and O–H groups in total. The van der Waals surface area contributed by atoms with Crippen molar-refractivity contribution >= 4 is 11.6 Å². The van der Waals surface area contributed by atoms with Gasteiger partial charge in [-0.2, -0.15) is 0 Å². The molecule has 2 unspecified atom stereocenters. The van der Waals surface area contributed by atoms with Crippen molar-refractivity contribution in [2.75, 3.05) is 11.9 Å². The first-order chi connectivity index (χ1) is 9.19. The fourth-order valence-corrected chi connectivity index (χ4v) is 2.62. The highest BCUT2D eigenvalue weighted by atomic mass is 16.1. The zero-order chi connectivity index (χ0) is 13.7. The standard InChI is InChI=1S/C16H24N2O/c1-3-10-17-14-8-5-13(6-9-14)16(19)18-15-7-4-12(2)11-15/h5-6,8-9,12,15,17H,3-4,7,10-11H2,1-2H3,(H,18,19). The second-order valence-corrected chi connectivity index (χ2v) is 5.59. The van der Waals surface area contributed by atoms with Gasteiger partial charge in [0.25, 0.3) is 5.91 Å². The van der Waals surface area contributed by atoms with Crippen LogP contribution in [-0.4, -0.2) is 18.5 Å². The van der Waals surface area contributed by atoms with Crippen molar-refractivity contribution in [3.63, 3.8) is 0 Å². The van der Waals surface area contributed by atoms with Crippen molar-refractivity contribution < 1.29 is 4.79 Å². The van der Waals surface area contributed by atoms with E-state index in [1.807, 2.05) is 24.3 Å². The summed E-state index contributed by atoms with van der Waals surface area (Å²) < 4.78 is 0. The van der Waals surface area contributed by atoms with Crippen LogP contribution in [0.25, 0.3) is 0 Å². The van der Waals surface area contributed by atoms with E-state index in [-0.39, 0.29) is 5.91 Å². The molecule has 0 heterocycles. The summed E-state index contributed by atoms with van der Waals surface area (Å²) >= 11 is 0. The molecule has 1 fully saturated rings. The molecule has 0 spiro atoms. The van der Waals surface area contributed by atoms with Crippen LogP contribution in [0.5, 0.6) is 0 Å². The molecular weight excluding hydrogens is 236 g/mol. The molecule has 0 aromatic heterocycles. The Bertz CT molecular complexity index is 413. The first-order valence-electron chi connectivity index (χ1n) is 7.34. The van der Waals surface area contributed by atoms with E-state index >= 15 is 0 Å². The van der Waals surface area contributed by atoms with Crippen molar-refractivity contribution in [2.24, 2.45) is 5.92 Å². The maximum atomic E-state index is 12.1. The van der Waals surface area contributed by atoms with Crippen molar-refractivity contribution in [1.82, 2.24) is 5.32 Å². The molecule has 0 saturated heterocycles. The average molecular weight is 260 g/mol. The van der Waals surface area contributed by atoms with Crippen LogP contribution in [0.15, 0.2) is 24.3 Å². The average Bonchev–Trinajstić information content (AvgIpc) is 2.82. The van der Waals surface area contributed by atoms with Gasteiger partial charge in [-0.25, -0.2) is 0 Å². The lowest BCUT2D eigenvalue weighted by Gasteiger charge is -2.13. The molecule has 104 valence electrons. The molecule has 1 aliphatic carbocycles. The maximum absolute atomic E-state index is 12.1. The van der Waals surface area contributed by atoms with E-state index in [1.54, 1.807) is 0 Å². The first kappa shape index (κ1) is 13.9. The summed E-state index contributed by atoms with van der Waals surface area (Å²) in [6.45, 7) is 5.35. The van der Waals surface area contributed by atoms with Gasteiger partial charge in [-0.3, -0.25) is 4.79 Å². The van der Waals surface area contributed by atoms with Crippen molar-refractivity contribution in [1.29, 1.82) is 0 Å². The van der Waals surface area contributed by atoms with Crippen LogP contribution in [0.4, 0.5) is 5.69 Å². The molecule has 0 bridgehead atoms. The predicted molar refractivity (Wildman–Crippen MR) is 79.5 cm³/mol. The third-order valence-corrected chi connectivity index (χ3v) is 3.76. The van der Waals surface area contributed by atoms with E-state index in [4.69, 9.17) is 0 Å². The SMILES string of the molecule is CCCNc1ccc(C(=O)NC2CCC(C)C2)cc1. The van der Waals surface area contributed by atoms with E-state index < -0.39 is 0 Å². The molecule has 0 radical (unpaired) electrons. The van der Waals surface area contributed by atoms with E-state index in [0.717, 1.165) is 43.0 Å². The zero-order valence-corrected chi connectivity index (χ0v) is 11.9. The Balaban J connectivity index is 1.88. The van der Waals surface area contributed by atoms with Crippen LogP contribution in [0, 0.1) is 5.92 Å². The Hall–Kier alpha value is -1.51. The summed E-state index contributed by atoms with van der Waals surface area (Å²) in [6.07, 6.45) is 4.55. The lowest BCUT2D eigenvalue weighted by molar-refractivity contribution is 0.0937. The summed E-state index contributed by atoms with van der Waals surface area (Å²) in [6, 6.07) is 8.10. The number of hydrogen-bond acceptors (Lipinski definition) is 2. The molecular formula is C16H24N2O. The zero-order valence-electron chi connectivity index (χ0n) is 11.9. The fraction of sp³-hybridized carbons (Fsp3) is 0.562. The molecule has 1 amide bonds. The number of rotatable bonds is 5. The van der Waals surface area contributed by atoms with Crippen LogP contribution in [0.1, 0.15) is 49.9 Å². The van der Waals surface area contributed by atoms with Gasteiger partial charge in [0.2, 0.25) is 0 Å². The lowest BCUT2D eigenvalue weighted by Crippen LogP contribution is -2.32. The van der Waals surface area contributed by atoms with Crippen molar-refractivity contribution in [3.05, 3.63) is 29.8 Å². The number of carbonyl (C=O) groups excluding carboxylic acids is 1. The molecule has 2 rings (SSSR count). The third kappa shape index (κ3) is 3.98. The quantitative estimate of drug-likeness (QED) is 0.851. The Kier molecular flexibility index (Phi) is 4.83. The molecule has 19 heavy (non-hydrogen) atoms. The molecule has 1 aromatic rings. The Labute approximate surface area is 115 Å². The monoisotopic (exact) mass is 260 g/mol. The Morgan fingerprint density at radius 1 is 1.26 bits per heavy atom. The summed E-state index contributed by atoms with van der Waals surface area (Å²) in [7, 11) is 0. The third-order valence-electron chi connectivity index (χ3n) is 3.76. The smallest absolute Gasteiger partial charge is 0.251 e. The van der Waals surface area contributed by atoms with Gasteiger partial charge in [-0.05, 0) is 55.9 Å². The van der Waals surface area contributed by atoms with E-state index in [9.17, 15) is 4.79 Å². The summed E-state index contributed by atoms with van der Waals surface area (Å²) in [5.41, 5.74) is 1.83. The molecule has 2 atom stereocenters. The van der Waals surface area contributed by atoms with Gasteiger partial charge in [-0.15, -0.1) is 0 Å². The van der Waals surface area contributed by atoms with E-state index in [0.29, 0.717) is 6.04 Å².